The molecule has 0 aliphatic heterocycles. The monoisotopic (exact) mass is 315 g/mol. The van der Waals surface area contributed by atoms with Gasteiger partial charge in [0.15, 0.2) is 0 Å². The maximum atomic E-state index is 11.8. The molecule has 0 heterocycles. The number of fused-ring (bicyclic) bond motifs is 1. The molecule has 0 aliphatic rings. The van der Waals surface area contributed by atoms with Gasteiger partial charge in [-0.1, -0.05) is 45.0 Å². The fourth-order valence-electron chi connectivity index (χ4n) is 3.09. The Labute approximate surface area is 148 Å². The second kappa shape index (κ2) is 7.25. The Hall–Kier alpha value is -0.390. The predicted molar refractivity (Wildman–Crippen MR) is 87.7 cm³/mol. The molecule has 5 heteroatoms. The minimum Gasteiger partial charge on any atom is -0.282 e. The average molecular weight is 315 g/mol. The van der Waals surface area contributed by atoms with E-state index in [1.54, 1.807) is 6.07 Å². The summed E-state index contributed by atoms with van der Waals surface area (Å²) in [5.74, 6) is 0. The first-order valence-electron chi connectivity index (χ1n) is 6.98. The van der Waals surface area contributed by atoms with Crippen LogP contribution in [0.2, 0.25) is 0 Å². The zero-order valence-electron chi connectivity index (χ0n) is 13.1. The smallest absolute Gasteiger partial charge is 0.282 e. The summed E-state index contributed by atoms with van der Waals surface area (Å²) >= 11 is 0. The van der Waals surface area contributed by atoms with Crippen molar-refractivity contribution in [1.82, 2.24) is 0 Å². The summed E-state index contributed by atoms with van der Waals surface area (Å²) in [6, 6.07) is 7.42. The molecular weight excluding hydrogens is 295 g/mol. The van der Waals surface area contributed by atoms with Gasteiger partial charge in [-0.2, -0.15) is 8.42 Å². The van der Waals surface area contributed by atoms with Crippen LogP contribution in [0.25, 0.3) is 10.8 Å². The van der Waals surface area contributed by atoms with Crippen molar-refractivity contribution in [2.24, 2.45) is 0 Å². The molecule has 2 rings (SSSR count). The van der Waals surface area contributed by atoms with Crippen LogP contribution in [0.5, 0.6) is 0 Å². The van der Waals surface area contributed by atoms with Crippen LogP contribution < -0.4 is 0 Å². The molecule has 21 heavy (non-hydrogen) atoms. The van der Waals surface area contributed by atoms with Crippen LogP contribution in [0.15, 0.2) is 29.2 Å². The van der Waals surface area contributed by atoms with Gasteiger partial charge < -0.3 is 0 Å². The van der Waals surface area contributed by atoms with Crippen LogP contribution in [0.3, 0.4) is 0 Å². The van der Waals surface area contributed by atoms with E-state index in [9.17, 15) is 13.0 Å². The molecule has 0 saturated heterocycles. The Kier molecular flexibility index (Phi) is 6.44. The standard InChI is InChI=1S/C16H20O3S.Na/c1-4-11-12(5-2)14-9-7-8-10-15(14)16(13(11)6-3)20(17,18)19;/h7-10H,4-6H2,1-3H3,(H,17,18,19);. The van der Waals surface area contributed by atoms with E-state index < -0.39 is 10.1 Å². The molecule has 0 aliphatic carbocycles. The first-order valence-corrected chi connectivity index (χ1v) is 8.42. The zero-order chi connectivity index (χ0) is 14.9. The molecule has 2 aromatic carbocycles. The summed E-state index contributed by atoms with van der Waals surface area (Å²) in [7, 11) is -4.23. The van der Waals surface area contributed by atoms with Crippen LogP contribution in [0.1, 0.15) is 37.5 Å². The summed E-state index contributed by atoms with van der Waals surface area (Å²) in [6.07, 6.45) is 2.21. The van der Waals surface area contributed by atoms with E-state index in [4.69, 9.17) is 0 Å². The van der Waals surface area contributed by atoms with Gasteiger partial charge >= 0.3 is 0 Å². The quantitative estimate of drug-likeness (QED) is 0.695. The second-order valence-electron chi connectivity index (χ2n) is 4.85. The molecule has 3 nitrogen and oxygen atoms in total. The van der Waals surface area contributed by atoms with E-state index in [0.717, 1.165) is 29.4 Å². The van der Waals surface area contributed by atoms with Crippen molar-refractivity contribution in [2.45, 2.75) is 44.9 Å². The minimum absolute atomic E-state index is 0. The number of benzene rings is 2. The van der Waals surface area contributed by atoms with Gasteiger partial charge in [0.05, 0.1) is 0 Å². The van der Waals surface area contributed by atoms with E-state index in [1.165, 1.54) is 5.56 Å². The Morgan fingerprint density at radius 1 is 0.857 bits per heavy atom. The summed E-state index contributed by atoms with van der Waals surface area (Å²) in [5.41, 5.74) is 3.00. The number of rotatable bonds is 4. The van der Waals surface area contributed by atoms with Crippen LogP contribution in [-0.2, 0) is 29.4 Å². The summed E-state index contributed by atoms with van der Waals surface area (Å²) in [5, 5.41) is 1.55. The predicted octanol–water partition coefficient (Wildman–Crippen LogP) is 3.39. The first kappa shape index (κ1) is 18.7. The molecule has 0 aromatic heterocycles. The minimum atomic E-state index is -4.23. The molecule has 2 aromatic rings. The third kappa shape index (κ3) is 3.35. The molecule has 109 valence electrons. The zero-order valence-corrected chi connectivity index (χ0v) is 15.9. The van der Waals surface area contributed by atoms with Gasteiger partial charge in [0.25, 0.3) is 10.1 Å². The molecule has 0 atom stereocenters. The summed E-state index contributed by atoms with van der Waals surface area (Å²) in [4.78, 5) is 0.0876. The van der Waals surface area contributed by atoms with Crippen molar-refractivity contribution >= 4 is 50.4 Å². The topological polar surface area (TPSA) is 54.4 Å². The second-order valence-corrected chi connectivity index (χ2v) is 6.20. The molecule has 0 spiro atoms. The van der Waals surface area contributed by atoms with Crippen LogP contribution in [0, 0.1) is 0 Å². The largest absolute Gasteiger partial charge is 0.295 e. The maximum absolute atomic E-state index is 11.8. The van der Waals surface area contributed by atoms with Gasteiger partial charge in [-0.3, -0.25) is 4.55 Å². The molecule has 0 unspecified atom stereocenters. The van der Waals surface area contributed by atoms with Crippen LogP contribution >= 0.6 is 0 Å². The molecule has 0 fully saturated rings. The fourth-order valence-corrected chi connectivity index (χ4v) is 4.12. The Bertz CT molecular complexity index is 752. The molecule has 0 amide bonds. The van der Waals surface area contributed by atoms with Crippen LogP contribution in [-0.4, -0.2) is 42.5 Å². The Balaban J connectivity index is 0.00000220. The molecular formula is C16H20NaO3S. The third-order valence-corrected chi connectivity index (χ3v) is 4.80. The molecule has 1 radical (unpaired) electrons. The van der Waals surface area contributed by atoms with Crippen molar-refractivity contribution in [3.05, 3.63) is 41.0 Å². The van der Waals surface area contributed by atoms with Crippen molar-refractivity contribution in [3.63, 3.8) is 0 Å². The van der Waals surface area contributed by atoms with E-state index in [0.29, 0.717) is 11.8 Å². The molecule has 1 N–H and O–H groups in total. The van der Waals surface area contributed by atoms with Gasteiger partial charge in [-0.05, 0) is 41.3 Å². The van der Waals surface area contributed by atoms with Gasteiger partial charge in [0.1, 0.15) is 4.90 Å². The Morgan fingerprint density at radius 3 is 1.76 bits per heavy atom. The average Bonchev–Trinajstić information content (AvgIpc) is 2.42. The Morgan fingerprint density at radius 2 is 1.33 bits per heavy atom. The van der Waals surface area contributed by atoms with E-state index in [1.807, 2.05) is 32.0 Å². The normalized spacial score (nSPS) is 11.4. The van der Waals surface area contributed by atoms with Crippen molar-refractivity contribution in [3.8, 4) is 0 Å². The van der Waals surface area contributed by atoms with Gasteiger partial charge in [-0.15, -0.1) is 0 Å². The maximum Gasteiger partial charge on any atom is 0.295 e. The fraction of sp³-hybridized carbons (Fsp3) is 0.375. The number of hydrogen-bond acceptors (Lipinski definition) is 2. The number of aryl methyl sites for hydroxylation is 1. The SMILES string of the molecule is CCc1c(CC)c(S(=O)(=O)O)c2ccccc2c1CC.[Na]. The first-order chi connectivity index (χ1) is 9.45. The van der Waals surface area contributed by atoms with Gasteiger partial charge in [0.2, 0.25) is 0 Å². The van der Waals surface area contributed by atoms with Crippen molar-refractivity contribution in [2.75, 3.05) is 0 Å². The van der Waals surface area contributed by atoms with Gasteiger partial charge in [0, 0.05) is 34.9 Å². The molecule has 0 saturated carbocycles. The van der Waals surface area contributed by atoms with Crippen molar-refractivity contribution < 1.29 is 13.0 Å². The van der Waals surface area contributed by atoms with E-state index in [2.05, 4.69) is 6.92 Å². The van der Waals surface area contributed by atoms with E-state index >= 15 is 0 Å². The third-order valence-electron chi connectivity index (χ3n) is 3.82. The van der Waals surface area contributed by atoms with Gasteiger partial charge in [-0.25, -0.2) is 0 Å². The van der Waals surface area contributed by atoms with Crippen LogP contribution in [0.4, 0.5) is 0 Å². The van der Waals surface area contributed by atoms with Crippen molar-refractivity contribution in [1.29, 1.82) is 0 Å². The number of hydrogen-bond donors (Lipinski definition) is 1. The van der Waals surface area contributed by atoms with E-state index in [-0.39, 0.29) is 34.5 Å². The summed E-state index contributed by atoms with van der Waals surface area (Å²) < 4.78 is 33.4. The summed E-state index contributed by atoms with van der Waals surface area (Å²) in [6.45, 7) is 6.03. The molecule has 0 bridgehead atoms.